The van der Waals surface area contributed by atoms with E-state index in [0.717, 1.165) is 11.3 Å². The highest BCUT2D eigenvalue weighted by molar-refractivity contribution is 5.85. The van der Waals surface area contributed by atoms with Crippen molar-refractivity contribution in [3.05, 3.63) is 29.8 Å². The Hall–Kier alpha value is -1.79. The molecule has 0 saturated carbocycles. The summed E-state index contributed by atoms with van der Waals surface area (Å²) >= 11 is 0. The number of hydrogen-bond donors (Lipinski definition) is 1. The molecule has 1 saturated heterocycles. The van der Waals surface area contributed by atoms with Crippen molar-refractivity contribution in [1.82, 2.24) is 9.80 Å². The van der Waals surface area contributed by atoms with Crippen molar-refractivity contribution < 1.29 is 19.4 Å². The fourth-order valence-electron chi connectivity index (χ4n) is 2.67. The van der Waals surface area contributed by atoms with E-state index < -0.39 is 5.97 Å². The van der Waals surface area contributed by atoms with Crippen LogP contribution in [-0.2, 0) is 16.1 Å². The number of carbonyl (C=O) groups excluding carboxylic acids is 1. The van der Waals surface area contributed by atoms with Crippen LogP contribution in [0.1, 0.15) is 12.0 Å². The van der Waals surface area contributed by atoms with E-state index in [4.69, 9.17) is 9.84 Å². The second-order valence-electron chi connectivity index (χ2n) is 5.62. The number of carboxylic acid groups (broad SMARTS) is 1. The standard InChI is InChI=1S/C16H22N2O4.ClH/c1-17(9-12-5-3-4-6-14(12)22-2)15(19)11-18-8-7-13(10-18)16(20)21;/h3-6,13H,7-11H2,1-2H3,(H,20,21);1H. The first-order valence-electron chi connectivity index (χ1n) is 7.32. The number of carboxylic acids is 1. The van der Waals surface area contributed by atoms with Gasteiger partial charge in [0.2, 0.25) is 5.91 Å². The zero-order chi connectivity index (χ0) is 16.1. The molecule has 0 radical (unpaired) electrons. The summed E-state index contributed by atoms with van der Waals surface area (Å²) in [6, 6.07) is 7.60. The Bertz CT molecular complexity index is 553. The number of rotatable bonds is 6. The van der Waals surface area contributed by atoms with Gasteiger partial charge in [-0.2, -0.15) is 0 Å². The molecule has 6 nitrogen and oxygen atoms in total. The van der Waals surface area contributed by atoms with E-state index in [-0.39, 0.29) is 30.8 Å². The minimum Gasteiger partial charge on any atom is -0.496 e. The molecular weight excluding hydrogens is 320 g/mol. The third kappa shape index (κ3) is 5.11. The number of hydrogen-bond acceptors (Lipinski definition) is 4. The van der Waals surface area contributed by atoms with Crippen LogP contribution in [0.25, 0.3) is 0 Å². The molecule has 0 bridgehead atoms. The quantitative estimate of drug-likeness (QED) is 0.848. The number of amides is 1. The predicted molar refractivity (Wildman–Crippen MR) is 88.9 cm³/mol. The number of ether oxygens (including phenoxy) is 1. The van der Waals surface area contributed by atoms with Crippen LogP contribution < -0.4 is 4.74 Å². The van der Waals surface area contributed by atoms with E-state index in [9.17, 15) is 9.59 Å². The molecule has 1 aliphatic heterocycles. The lowest BCUT2D eigenvalue weighted by atomic mass is 10.1. The molecule has 1 unspecified atom stereocenters. The number of benzene rings is 1. The van der Waals surface area contributed by atoms with E-state index in [1.807, 2.05) is 29.2 Å². The maximum absolute atomic E-state index is 12.3. The van der Waals surface area contributed by atoms with Gasteiger partial charge in [0.15, 0.2) is 0 Å². The van der Waals surface area contributed by atoms with Gasteiger partial charge in [0, 0.05) is 25.7 Å². The average Bonchev–Trinajstić information content (AvgIpc) is 2.96. The van der Waals surface area contributed by atoms with Crippen molar-refractivity contribution in [2.75, 3.05) is 33.8 Å². The fraction of sp³-hybridized carbons (Fsp3) is 0.500. The SMILES string of the molecule is COc1ccccc1CN(C)C(=O)CN1CCC(C(=O)O)C1.Cl. The van der Waals surface area contributed by atoms with Gasteiger partial charge < -0.3 is 14.7 Å². The number of carbonyl (C=O) groups is 2. The van der Waals surface area contributed by atoms with Gasteiger partial charge in [-0.1, -0.05) is 18.2 Å². The molecule has 1 aliphatic rings. The van der Waals surface area contributed by atoms with Gasteiger partial charge in [-0.05, 0) is 19.0 Å². The Labute approximate surface area is 142 Å². The maximum atomic E-state index is 12.3. The molecule has 7 heteroatoms. The number of aliphatic carboxylic acids is 1. The average molecular weight is 343 g/mol. The Morgan fingerprint density at radius 1 is 1.39 bits per heavy atom. The van der Waals surface area contributed by atoms with Gasteiger partial charge in [-0.15, -0.1) is 12.4 Å². The van der Waals surface area contributed by atoms with Crippen molar-refractivity contribution in [3.8, 4) is 5.75 Å². The number of para-hydroxylation sites is 1. The normalized spacial score (nSPS) is 17.4. The highest BCUT2D eigenvalue weighted by Crippen LogP contribution is 2.19. The number of methoxy groups -OCH3 is 1. The Morgan fingerprint density at radius 2 is 2.09 bits per heavy atom. The van der Waals surface area contributed by atoms with E-state index in [1.165, 1.54) is 0 Å². The van der Waals surface area contributed by atoms with Crippen molar-refractivity contribution >= 4 is 24.3 Å². The van der Waals surface area contributed by atoms with E-state index >= 15 is 0 Å². The minimum absolute atomic E-state index is 0. The molecule has 1 amide bonds. The lowest BCUT2D eigenvalue weighted by molar-refractivity contribution is -0.141. The van der Waals surface area contributed by atoms with Gasteiger partial charge in [-0.3, -0.25) is 14.5 Å². The van der Waals surface area contributed by atoms with Crippen LogP contribution >= 0.6 is 12.4 Å². The van der Waals surface area contributed by atoms with Crippen LogP contribution in [-0.4, -0.2) is 60.6 Å². The number of halogens is 1. The van der Waals surface area contributed by atoms with Crippen molar-refractivity contribution in [2.24, 2.45) is 5.92 Å². The van der Waals surface area contributed by atoms with E-state index in [0.29, 0.717) is 26.1 Å². The molecule has 2 rings (SSSR count). The molecular formula is C16H23ClN2O4. The zero-order valence-electron chi connectivity index (χ0n) is 13.4. The summed E-state index contributed by atoms with van der Waals surface area (Å²) in [5.41, 5.74) is 0.950. The summed E-state index contributed by atoms with van der Waals surface area (Å²) in [7, 11) is 3.36. The first kappa shape index (κ1) is 19.3. The number of likely N-dealkylation sites (N-methyl/N-ethyl adjacent to an activating group) is 1. The summed E-state index contributed by atoms with van der Waals surface area (Å²) in [4.78, 5) is 26.8. The van der Waals surface area contributed by atoms with Crippen LogP contribution in [0.4, 0.5) is 0 Å². The zero-order valence-corrected chi connectivity index (χ0v) is 14.2. The molecule has 128 valence electrons. The smallest absolute Gasteiger partial charge is 0.307 e. The van der Waals surface area contributed by atoms with Crippen LogP contribution in [0.2, 0.25) is 0 Å². The van der Waals surface area contributed by atoms with Crippen molar-refractivity contribution in [2.45, 2.75) is 13.0 Å². The second kappa shape index (κ2) is 8.74. The third-order valence-corrected chi connectivity index (χ3v) is 4.01. The molecule has 0 aromatic heterocycles. The Morgan fingerprint density at radius 3 is 2.70 bits per heavy atom. The monoisotopic (exact) mass is 342 g/mol. The van der Waals surface area contributed by atoms with Gasteiger partial charge in [0.1, 0.15) is 5.75 Å². The second-order valence-corrected chi connectivity index (χ2v) is 5.62. The Balaban J connectivity index is 0.00000264. The van der Waals surface area contributed by atoms with Gasteiger partial charge in [0.05, 0.1) is 19.6 Å². The molecule has 0 spiro atoms. The highest BCUT2D eigenvalue weighted by Gasteiger charge is 2.29. The summed E-state index contributed by atoms with van der Waals surface area (Å²) in [6.07, 6.45) is 0.610. The maximum Gasteiger partial charge on any atom is 0.307 e. The molecule has 1 fully saturated rings. The summed E-state index contributed by atoms with van der Waals surface area (Å²) in [5.74, 6) is -0.393. The predicted octanol–water partition coefficient (Wildman–Crippen LogP) is 1.48. The van der Waals surface area contributed by atoms with Gasteiger partial charge >= 0.3 is 5.97 Å². The van der Waals surface area contributed by atoms with Crippen LogP contribution in [0.5, 0.6) is 5.75 Å². The summed E-state index contributed by atoms with van der Waals surface area (Å²) < 4.78 is 5.29. The first-order valence-corrected chi connectivity index (χ1v) is 7.32. The molecule has 1 aromatic rings. The van der Waals surface area contributed by atoms with Crippen LogP contribution in [0.15, 0.2) is 24.3 Å². The van der Waals surface area contributed by atoms with Crippen LogP contribution in [0.3, 0.4) is 0 Å². The highest BCUT2D eigenvalue weighted by atomic mass is 35.5. The molecule has 1 N–H and O–H groups in total. The number of nitrogens with zero attached hydrogens (tertiary/aromatic N) is 2. The first-order chi connectivity index (χ1) is 10.5. The molecule has 23 heavy (non-hydrogen) atoms. The van der Waals surface area contributed by atoms with Gasteiger partial charge in [0.25, 0.3) is 0 Å². The number of likely N-dealkylation sites (tertiary alicyclic amines) is 1. The summed E-state index contributed by atoms with van der Waals surface area (Å²) in [6.45, 7) is 1.84. The largest absolute Gasteiger partial charge is 0.496 e. The van der Waals surface area contributed by atoms with Crippen molar-refractivity contribution in [3.63, 3.8) is 0 Å². The Kier molecular flexibility index (Phi) is 7.32. The topological polar surface area (TPSA) is 70.1 Å². The molecule has 1 atom stereocenters. The fourth-order valence-corrected chi connectivity index (χ4v) is 2.67. The third-order valence-electron chi connectivity index (χ3n) is 4.01. The van der Waals surface area contributed by atoms with Gasteiger partial charge in [-0.25, -0.2) is 0 Å². The van der Waals surface area contributed by atoms with E-state index in [1.54, 1.807) is 19.1 Å². The molecule has 1 heterocycles. The molecule has 0 aliphatic carbocycles. The minimum atomic E-state index is -0.780. The van der Waals surface area contributed by atoms with E-state index in [2.05, 4.69) is 0 Å². The lowest BCUT2D eigenvalue weighted by Gasteiger charge is -2.22. The van der Waals surface area contributed by atoms with Crippen molar-refractivity contribution in [1.29, 1.82) is 0 Å². The molecule has 1 aromatic carbocycles. The van der Waals surface area contributed by atoms with Crippen LogP contribution in [0, 0.1) is 5.92 Å². The summed E-state index contributed by atoms with van der Waals surface area (Å²) in [5, 5.41) is 8.99. The lowest BCUT2D eigenvalue weighted by Crippen LogP contribution is -2.37.